The Morgan fingerprint density at radius 3 is 2.60 bits per heavy atom. The summed E-state index contributed by atoms with van der Waals surface area (Å²) in [6, 6.07) is 7.54. The molecule has 3 rings (SSSR count). The van der Waals surface area contributed by atoms with Gasteiger partial charge in [-0.2, -0.15) is 0 Å². The van der Waals surface area contributed by atoms with Gasteiger partial charge in [0.15, 0.2) is 5.13 Å². The molecular weight excluding hydrogens is 270 g/mol. The van der Waals surface area contributed by atoms with E-state index < -0.39 is 0 Å². The third kappa shape index (κ3) is 2.82. The highest BCUT2D eigenvalue weighted by atomic mass is 32.1. The van der Waals surface area contributed by atoms with Crippen molar-refractivity contribution in [3.63, 3.8) is 0 Å². The third-order valence-corrected chi connectivity index (χ3v) is 4.16. The van der Waals surface area contributed by atoms with Crippen LogP contribution < -0.4 is 10.2 Å². The number of amides is 1. The minimum atomic E-state index is -0.105. The molecule has 1 fully saturated rings. The normalized spacial score (nSPS) is 14.1. The summed E-state index contributed by atoms with van der Waals surface area (Å²) in [5.41, 5.74) is 2.85. The summed E-state index contributed by atoms with van der Waals surface area (Å²) in [6.07, 6.45) is 2.45. The first-order chi connectivity index (χ1) is 9.63. The van der Waals surface area contributed by atoms with E-state index in [2.05, 4.69) is 10.3 Å². The fourth-order valence-electron chi connectivity index (χ4n) is 1.99. The number of anilines is 2. The van der Waals surface area contributed by atoms with Gasteiger partial charge < -0.3 is 4.90 Å². The molecule has 0 spiro atoms. The average molecular weight is 287 g/mol. The van der Waals surface area contributed by atoms with E-state index in [0.717, 1.165) is 11.4 Å². The van der Waals surface area contributed by atoms with E-state index in [1.807, 2.05) is 48.6 Å². The Morgan fingerprint density at radius 2 is 2.00 bits per heavy atom. The molecule has 0 atom stereocenters. The van der Waals surface area contributed by atoms with Crippen LogP contribution in [-0.2, 0) is 0 Å². The van der Waals surface area contributed by atoms with Gasteiger partial charge in [0.1, 0.15) is 0 Å². The Labute approximate surface area is 122 Å². The molecule has 0 aliphatic heterocycles. The Kier molecular flexibility index (Phi) is 3.44. The molecule has 2 aromatic rings. The Balaban J connectivity index is 1.68. The van der Waals surface area contributed by atoms with Gasteiger partial charge >= 0.3 is 0 Å². The van der Waals surface area contributed by atoms with Crippen LogP contribution in [0.5, 0.6) is 0 Å². The van der Waals surface area contributed by atoms with Gasteiger partial charge in [0.2, 0.25) is 0 Å². The smallest absolute Gasteiger partial charge is 0.257 e. The van der Waals surface area contributed by atoms with Crippen LogP contribution in [0.3, 0.4) is 0 Å². The fourth-order valence-corrected chi connectivity index (χ4v) is 2.78. The molecule has 1 aliphatic rings. The predicted octanol–water partition coefficient (Wildman–Crippen LogP) is 3.34. The average Bonchev–Trinajstić information content (AvgIpc) is 3.20. The van der Waals surface area contributed by atoms with E-state index in [1.54, 1.807) is 0 Å². The van der Waals surface area contributed by atoms with Gasteiger partial charge in [-0.25, -0.2) is 4.98 Å². The van der Waals surface area contributed by atoms with E-state index in [9.17, 15) is 4.79 Å². The first kappa shape index (κ1) is 13.1. The molecule has 0 bridgehead atoms. The maximum Gasteiger partial charge on any atom is 0.257 e. The van der Waals surface area contributed by atoms with E-state index in [1.165, 1.54) is 24.2 Å². The lowest BCUT2D eigenvalue weighted by Gasteiger charge is -2.12. The van der Waals surface area contributed by atoms with Crippen molar-refractivity contribution in [1.29, 1.82) is 0 Å². The number of thiazole rings is 1. The Bertz CT molecular complexity index is 614. The van der Waals surface area contributed by atoms with Gasteiger partial charge in [0.25, 0.3) is 5.91 Å². The van der Waals surface area contributed by atoms with Crippen molar-refractivity contribution in [3.8, 4) is 0 Å². The quantitative estimate of drug-likeness (QED) is 0.938. The van der Waals surface area contributed by atoms with Gasteiger partial charge in [-0.15, -0.1) is 11.3 Å². The molecule has 1 N–H and O–H groups in total. The number of rotatable bonds is 4. The summed E-state index contributed by atoms with van der Waals surface area (Å²) in [4.78, 5) is 18.6. The lowest BCUT2D eigenvalue weighted by molar-refractivity contribution is 0.102. The second-order valence-electron chi connectivity index (χ2n) is 5.25. The number of aromatic nitrogens is 1. The minimum Gasteiger partial charge on any atom is -0.378 e. The minimum absolute atomic E-state index is 0.105. The van der Waals surface area contributed by atoms with Crippen molar-refractivity contribution in [2.24, 2.45) is 0 Å². The monoisotopic (exact) mass is 287 g/mol. The van der Waals surface area contributed by atoms with E-state index >= 15 is 0 Å². The van der Waals surface area contributed by atoms with E-state index in [0.29, 0.717) is 16.6 Å². The molecule has 1 aromatic carbocycles. The number of hydrogen-bond donors (Lipinski definition) is 1. The van der Waals surface area contributed by atoms with Gasteiger partial charge in [-0.3, -0.25) is 10.1 Å². The van der Waals surface area contributed by atoms with E-state index in [-0.39, 0.29) is 5.91 Å². The van der Waals surface area contributed by atoms with Crippen molar-refractivity contribution < 1.29 is 4.79 Å². The van der Waals surface area contributed by atoms with Crippen LogP contribution in [0.1, 0.15) is 34.8 Å². The first-order valence-corrected chi connectivity index (χ1v) is 7.55. The van der Waals surface area contributed by atoms with E-state index in [4.69, 9.17) is 0 Å². The highest BCUT2D eigenvalue weighted by molar-refractivity contribution is 7.14. The number of benzene rings is 1. The standard InChI is InChI=1S/C15H17N3OS/c1-18(2)12-7-5-11(6-8-12)14(19)17-15-16-13(9-20-15)10-3-4-10/h5-10H,3-4H2,1-2H3,(H,16,17,19). The van der Waals surface area contributed by atoms with Crippen molar-refractivity contribution in [2.75, 3.05) is 24.3 Å². The van der Waals surface area contributed by atoms with Crippen molar-refractivity contribution >= 4 is 28.1 Å². The second-order valence-corrected chi connectivity index (χ2v) is 6.11. The molecule has 0 saturated heterocycles. The molecule has 5 heteroatoms. The molecule has 1 saturated carbocycles. The van der Waals surface area contributed by atoms with Gasteiger partial charge in [0.05, 0.1) is 5.69 Å². The highest BCUT2D eigenvalue weighted by Gasteiger charge is 2.26. The number of carbonyl (C=O) groups is 1. The third-order valence-electron chi connectivity index (χ3n) is 3.38. The molecule has 0 radical (unpaired) electrons. The summed E-state index contributed by atoms with van der Waals surface area (Å²) in [7, 11) is 3.95. The van der Waals surface area contributed by atoms with Crippen molar-refractivity contribution in [2.45, 2.75) is 18.8 Å². The van der Waals surface area contributed by atoms with Crippen molar-refractivity contribution in [3.05, 3.63) is 40.9 Å². The summed E-state index contributed by atoms with van der Waals surface area (Å²) >= 11 is 1.50. The maximum atomic E-state index is 12.1. The second kappa shape index (κ2) is 5.25. The predicted molar refractivity (Wildman–Crippen MR) is 82.8 cm³/mol. The molecule has 104 valence electrons. The zero-order valence-electron chi connectivity index (χ0n) is 11.6. The van der Waals surface area contributed by atoms with Crippen LogP contribution >= 0.6 is 11.3 Å². The van der Waals surface area contributed by atoms with Gasteiger partial charge in [-0.05, 0) is 37.1 Å². The number of nitrogens with one attached hydrogen (secondary N) is 1. The summed E-state index contributed by atoms with van der Waals surface area (Å²) in [6.45, 7) is 0. The maximum absolute atomic E-state index is 12.1. The molecule has 1 amide bonds. The van der Waals surface area contributed by atoms with Crippen LogP contribution in [0.25, 0.3) is 0 Å². The zero-order chi connectivity index (χ0) is 14.1. The van der Waals surface area contributed by atoms with Gasteiger partial charge in [-0.1, -0.05) is 0 Å². The summed E-state index contributed by atoms with van der Waals surface area (Å²) in [5, 5.41) is 5.60. The van der Waals surface area contributed by atoms with Crippen LogP contribution in [0.15, 0.2) is 29.6 Å². The Morgan fingerprint density at radius 1 is 1.30 bits per heavy atom. The van der Waals surface area contributed by atoms with Gasteiger partial charge in [0, 0.05) is 36.6 Å². The lowest BCUT2D eigenvalue weighted by Crippen LogP contribution is -2.13. The molecular formula is C15H17N3OS. The molecule has 1 aliphatic carbocycles. The molecule has 1 heterocycles. The molecule has 4 nitrogen and oxygen atoms in total. The molecule has 20 heavy (non-hydrogen) atoms. The lowest BCUT2D eigenvalue weighted by atomic mass is 10.2. The van der Waals surface area contributed by atoms with Crippen LogP contribution in [0.2, 0.25) is 0 Å². The topological polar surface area (TPSA) is 45.2 Å². The molecule has 0 unspecified atom stereocenters. The highest BCUT2D eigenvalue weighted by Crippen LogP contribution is 2.40. The van der Waals surface area contributed by atoms with Crippen LogP contribution in [-0.4, -0.2) is 25.0 Å². The Hall–Kier alpha value is -1.88. The van der Waals surface area contributed by atoms with Crippen molar-refractivity contribution in [1.82, 2.24) is 4.98 Å². The SMILES string of the molecule is CN(C)c1ccc(C(=O)Nc2nc(C3CC3)cs2)cc1. The van der Waals surface area contributed by atoms with Crippen LogP contribution in [0, 0.1) is 0 Å². The first-order valence-electron chi connectivity index (χ1n) is 6.67. The summed E-state index contributed by atoms with van der Waals surface area (Å²) < 4.78 is 0. The zero-order valence-corrected chi connectivity index (χ0v) is 12.4. The number of carbonyl (C=O) groups excluding carboxylic acids is 1. The summed E-state index contributed by atoms with van der Waals surface area (Å²) in [5.74, 6) is 0.517. The van der Waals surface area contributed by atoms with Crippen LogP contribution in [0.4, 0.5) is 10.8 Å². The fraction of sp³-hybridized carbons (Fsp3) is 0.333. The molecule has 1 aromatic heterocycles. The number of nitrogens with zero attached hydrogens (tertiary/aromatic N) is 2. The number of hydrogen-bond acceptors (Lipinski definition) is 4. The largest absolute Gasteiger partial charge is 0.378 e.